The zero-order valence-electron chi connectivity index (χ0n) is 9.43. The maximum absolute atomic E-state index is 11.7. The fourth-order valence-corrected chi connectivity index (χ4v) is 2.92. The predicted octanol–water partition coefficient (Wildman–Crippen LogP) is -2.02. The van der Waals surface area contributed by atoms with Crippen LogP contribution in [0.1, 0.15) is 13.8 Å². The van der Waals surface area contributed by atoms with Gasteiger partial charge in [0.25, 0.3) is 0 Å². The van der Waals surface area contributed by atoms with E-state index < -0.39 is 21.7 Å². The predicted molar refractivity (Wildman–Crippen MR) is 59.4 cm³/mol. The molecule has 1 heterocycles. The summed E-state index contributed by atoms with van der Waals surface area (Å²) in [5.74, 6) is -0.685. The second-order valence-corrected chi connectivity index (χ2v) is 6.10. The molecular formula is C8H18N4O3S. The van der Waals surface area contributed by atoms with E-state index in [0.717, 1.165) is 0 Å². The molecule has 1 aliphatic heterocycles. The van der Waals surface area contributed by atoms with Gasteiger partial charge in [0.1, 0.15) is 0 Å². The zero-order chi connectivity index (χ0) is 12.6. The van der Waals surface area contributed by atoms with E-state index in [4.69, 9.17) is 11.5 Å². The van der Waals surface area contributed by atoms with Gasteiger partial charge in [0.2, 0.25) is 5.91 Å². The van der Waals surface area contributed by atoms with Crippen LogP contribution in [-0.4, -0.2) is 43.8 Å². The molecule has 0 aromatic heterocycles. The first kappa shape index (κ1) is 13.4. The van der Waals surface area contributed by atoms with E-state index in [9.17, 15) is 13.2 Å². The minimum absolute atomic E-state index is 0.0389. The number of carbonyl (C=O) groups excluding carboxylic acids is 1. The van der Waals surface area contributed by atoms with Gasteiger partial charge in [0.05, 0.1) is 6.54 Å². The van der Waals surface area contributed by atoms with Crippen molar-refractivity contribution in [2.75, 3.05) is 19.6 Å². The number of nitrogens with zero attached hydrogens (tertiary/aromatic N) is 1. The Morgan fingerprint density at radius 1 is 1.62 bits per heavy atom. The Hall–Kier alpha value is -0.700. The smallest absolute Gasteiger partial charge is 0.303 e. The number of nitrogens with one attached hydrogen (secondary N) is 1. The van der Waals surface area contributed by atoms with Crippen molar-refractivity contribution in [3.05, 3.63) is 0 Å². The molecule has 1 fully saturated rings. The van der Waals surface area contributed by atoms with Gasteiger partial charge in [-0.15, -0.1) is 0 Å². The quantitative estimate of drug-likeness (QED) is 0.534. The monoisotopic (exact) mass is 250 g/mol. The highest BCUT2D eigenvalue weighted by Crippen LogP contribution is 2.25. The SMILES string of the molecule is C[C@H]1CN(S(=O)(=O)NC(=O)CN)C[C@]1(C)N. The van der Waals surface area contributed by atoms with Gasteiger partial charge in [-0.25, -0.2) is 4.72 Å². The van der Waals surface area contributed by atoms with Gasteiger partial charge in [-0.05, 0) is 12.8 Å². The third kappa shape index (κ3) is 2.70. The van der Waals surface area contributed by atoms with E-state index in [0.29, 0.717) is 6.54 Å². The van der Waals surface area contributed by atoms with Crippen molar-refractivity contribution in [3.8, 4) is 0 Å². The van der Waals surface area contributed by atoms with Crippen molar-refractivity contribution in [1.29, 1.82) is 0 Å². The standard InChI is InChI=1S/C8H18N4O3S/c1-6-4-12(5-8(6,2)10)16(14,15)11-7(13)3-9/h6H,3-5,9-10H2,1-2H3,(H,11,13)/t6-,8-/m0/s1. The molecule has 1 aliphatic rings. The number of carbonyl (C=O) groups is 1. The lowest BCUT2D eigenvalue weighted by Crippen LogP contribution is -2.47. The molecule has 0 radical (unpaired) electrons. The number of rotatable bonds is 3. The van der Waals surface area contributed by atoms with Crippen molar-refractivity contribution < 1.29 is 13.2 Å². The number of amides is 1. The van der Waals surface area contributed by atoms with Crippen LogP contribution < -0.4 is 16.2 Å². The van der Waals surface area contributed by atoms with Crippen LogP contribution >= 0.6 is 0 Å². The van der Waals surface area contributed by atoms with Crippen molar-refractivity contribution >= 4 is 16.1 Å². The van der Waals surface area contributed by atoms with Gasteiger partial charge in [-0.2, -0.15) is 12.7 Å². The summed E-state index contributed by atoms with van der Waals surface area (Å²) in [6.45, 7) is 3.81. The first-order valence-corrected chi connectivity index (χ1v) is 6.42. The van der Waals surface area contributed by atoms with Crippen LogP contribution in [0.5, 0.6) is 0 Å². The molecule has 0 bridgehead atoms. The van der Waals surface area contributed by atoms with Crippen molar-refractivity contribution in [3.63, 3.8) is 0 Å². The number of hydrogen-bond donors (Lipinski definition) is 3. The summed E-state index contributed by atoms with van der Waals surface area (Å²) in [6, 6.07) is 0. The van der Waals surface area contributed by atoms with Crippen molar-refractivity contribution in [2.45, 2.75) is 19.4 Å². The second kappa shape index (κ2) is 4.28. The Morgan fingerprint density at radius 3 is 2.56 bits per heavy atom. The van der Waals surface area contributed by atoms with Gasteiger partial charge >= 0.3 is 10.2 Å². The van der Waals surface area contributed by atoms with Gasteiger partial charge < -0.3 is 11.5 Å². The summed E-state index contributed by atoms with van der Waals surface area (Å²) in [5.41, 5.74) is 10.4. The normalized spacial score (nSPS) is 31.6. The summed E-state index contributed by atoms with van der Waals surface area (Å²) >= 11 is 0. The van der Waals surface area contributed by atoms with E-state index in [1.165, 1.54) is 4.31 Å². The van der Waals surface area contributed by atoms with E-state index in [-0.39, 0.29) is 19.0 Å². The lowest BCUT2D eigenvalue weighted by atomic mass is 9.92. The maximum Gasteiger partial charge on any atom is 0.303 e. The van der Waals surface area contributed by atoms with Crippen molar-refractivity contribution in [2.24, 2.45) is 17.4 Å². The van der Waals surface area contributed by atoms with Crippen LogP contribution in [0.15, 0.2) is 0 Å². The Kier molecular flexibility index (Phi) is 3.58. The van der Waals surface area contributed by atoms with Crippen LogP contribution in [0.4, 0.5) is 0 Å². The fraction of sp³-hybridized carbons (Fsp3) is 0.875. The summed E-state index contributed by atoms with van der Waals surface area (Å²) in [6.07, 6.45) is 0. The highest BCUT2D eigenvalue weighted by molar-refractivity contribution is 7.87. The highest BCUT2D eigenvalue weighted by Gasteiger charge is 2.42. The van der Waals surface area contributed by atoms with Gasteiger partial charge in [-0.3, -0.25) is 4.79 Å². The average Bonchev–Trinajstić information content (AvgIpc) is 2.41. The van der Waals surface area contributed by atoms with Gasteiger partial charge in [0.15, 0.2) is 0 Å². The molecule has 0 saturated carbocycles. The molecular weight excluding hydrogens is 232 g/mol. The maximum atomic E-state index is 11.7. The van der Waals surface area contributed by atoms with E-state index in [1.807, 2.05) is 11.6 Å². The largest absolute Gasteiger partial charge is 0.324 e. The lowest BCUT2D eigenvalue weighted by molar-refractivity contribution is -0.118. The number of nitrogens with two attached hydrogens (primary N) is 2. The molecule has 0 aromatic rings. The Morgan fingerprint density at radius 2 is 2.19 bits per heavy atom. The fourth-order valence-electron chi connectivity index (χ4n) is 1.55. The Balaban J connectivity index is 2.77. The van der Waals surface area contributed by atoms with Crippen LogP contribution in [0.3, 0.4) is 0 Å². The van der Waals surface area contributed by atoms with Crippen molar-refractivity contribution in [1.82, 2.24) is 9.03 Å². The molecule has 16 heavy (non-hydrogen) atoms. The summed E-state index contributed by atoms with van der Waals surface area (Å²) in [4.78, 5) is 11.0. The lowest BCUT2D eigenvalue weighted by Gasteiger charge is -2.22. The molecule has 0 aliphatic carbocycles. The highest BCUT2D eigenvalue weighted by atomic mass is 32.2. The third-order valence-electron chi connectivity index (χ3n) is 2.89. The summed E-state index contributed by atoms with van der Waals surface area (Å²) in [7, 11) is -3.80. The third-order valence-corrected chi connectivity index (χ3v) is 4.33. The molecule has 7 nitrogen and oxygen atoms in total. The molecule has 0 aromatic carbocycles. The second-order valence-electron chi connectivity index (χ2n) is 4.43. The molecule has 5 N–H and O–H groups in total. The van der Waals surface area contributed by atoms with E-state index in [2.05, 4.69) is 0 Å². The summed E-state index contributed by atoms with van der Waals surface area (Å²) in [5, 5.41) is 0. The molecule has 2 atom stereocenters. The van der Waals surface area contributed by atoms with Crippen LogP contribution in [0.2, 0.25) is 0 Å². The molecule has 1 amide bonds. The average molecular weight is 250 g/mol. The molecule has 1 rings (SSSR count). The molecule has 94 valence electrons. The van der Waals surface area contributed by atoms with E-state index in [1.54, 1.807) is 6.92 Å². The van der Waals surface area contributed by atoms with Gasteiger partial charge in [0, 0.05) is 18.6 Å². The van der Waals surface area contributed by atoms with E-state index >= 15 is 0 Å². The topological polar surface area (TPSA) is 119 Å². The minimum Gasteiger partial charge on any atom is -0.324 e. The molecule has 1 saturated heterocycles. The van der Waals surface area contributed by atoms with Crippen LogP contribution in [0.25, 0.3) is 0 Å². The van der Waals surface area contributed by atoms with Gasteiger partial charge in [-0.1, -0.05) is 6.92 Å². The summed E-state index contributed by atoms with van der Waals surface area (Å²) < 4.78 is 26.5. The molecule has 0 unspecified atom stereocenters. The first-order valence-electron chi connectivity index (χ1n) is 4.98. The Labute approximate surface area is 95.3 Å². The molecule has 0 spiro atoms. The van der Waals surface area contributed by atoms with Crippen LogP contribution in [0, 0.1) is 5.92 Å². The molecule has 8 heteroatoms. The zero-order valence-corrected chi connectivity index (χ0v) is 10.3. The van der Waals surface area contributed by atoms with Crippen LogP contribution in [-0.2, 0) is 15.0 Å². The Bertz CT molecular complexity index is 379. The first-order chi connectivity index (χ1) is 7.19. The minimum atomic E-state index is -3.80. The number of hydrogen-bond acceptors (Lipinski definition) is 5.